The third-order valence-electron chi connectivity index (χ3n) is 5.30. The number of ether oxygens (including phenoxy) is 2. The lowest BCUT2D eigenvalue weighted by molar-refractivity contribution is 0.0465. The van der Waals surface area contributed by atoms with E-state index in [4.69, 9.17) is 15.2 Å². The van der Waals surface area contributed by atoms with Gasteiger partial charge in [0.05, 0.1) is 18.8 Å². The van der Waals surface area contributed by atoms with Crippen molar-refractivity contribution in [2.75, 3.05) is 19.9 Å². The number of carbonyl (C=O) groups excluding carboxylic acids is 2. The Balaban J connectivity index is 2.16. The number of rotatable bonds is 10. The fourth-order valence-electron chi connectivity index (χ4n) is 3.51. The van der Waals surface area contributed by atoms with Crippen LogP contribution in [-0.2, 0) is 28.0 Å². The minimum Gasteiger partial charge on any atom is -0.461 e. The highest BCUT2D eigenvalue weighted by Gasteiger charge is 2.38. The summed E-state index contributed by atoms with van der Waals surface area (Å²) in [7, 11) is 0. The average Bonchev–Trinajstić information content (AvgIpc) is 3.50. The Labute approximate surface area is 193 Å². The zero-order valence-electron chi connectivity index (χ0n) is 18.0. The van der Waals surface area contributed by atoms with Gasteiger partial charge in [-0.1, -0.05) is 15.9 Å². The summed E-state index contributed by atoms with van der Waals surface area (Å²) in [6.07, 6.45) is 2.43. The van der Waals surface area contributed by atoms with Gasteiger partial charge in [0.1, 0.15) is 18.3 Å². The van der Waals surface area contributed by atoms with Crippen LogP contribution < -0.4 is 5.73 Å². The normalized spacial score (nSPS) is 15.3. The van der Waals surface area contributed by atoms with E-state index in [-0.39, 0.29) is 36.7 Å². The molecule has 0 radical (unpaired) electrons. The molecule has 2 N–H and O–H groups in total. The minimum absolute atomic E-state index is 0.0569. The second-order valence-corrected chi connectivity index (χ2v) is 8.73. The minimum atomic E-state index is -1.82. The average molecular weight is 514 g/mol. The molecular formula is C22H26BrF2N3O4. The molecule has 174 valence electrons. The van der Waals surface area contributed by atoms with Crippen LogP contribution in [0.2, 0.25) is 0 Å². The van der Waals surface area contributed by atoms with Gasteiger partial charge in [0.2, 0.25) is 0 Å². The van der Waals surface area contributed by atoms with Crippen LogP contribution in [0, 0.1) is 11.7 Å². The van der Waals surface area contributed by atoms with Gasteiger partial charge in [-0.3, -0.25) is 0 Å². The van der Waals surface area contributed by atoms with Crippen LogP contribution in [0.1, 0.15) is 59.1 Å². The van der Waals surface area contributed by atoms with E-state index < -0.39 is 30.0 Å². The van der Waals surface area contributed by atoms with Gasteiger partial charge in [-0.2, -0.15) is 0 Å². The predicted octanol–water partition coefficient (Wildman–Crippen LogP) is 3.91. The monoisotopic (exact) mass is 513 g/mol. The fourth-order valence-corrected chi connectivity index (χ4v) is 3.88. The lowest BCUT2D eigenvalue weighted by Gasteiger charge is -2.29. The zero-order chi connectivity index (χ0) is 23.5. The molecule has 10 heteroatoms. The van der Waals surface area contributed by atoms with Gasteiger partial charge in [-0.15, -0.1) is 0 Å². The molecule has 32 heavy (non-hydrogen) atoms. The van der Waals surface area contributed by atoms with Gasteiger partial charge in [0.25, 0.3) is 0 Å². The van der Waals surface area contributed by atoms with Crippen molar-refractivity contribution >= 4 is 27.9 Å². The van der Waals surface area contributed by atoms with Gasteiger partial charge in [-0.05, 0) is 50.8 Å². The lowest BCUT2D eigenvalue weighted by atomic mass is 9.91. The first-order valence-electron chi connectivity index (χ1n) is 10.5. The number of nitrogens with two attached hydrogens (primary N) is 1. The van der Waals surface area contributed by atoms with E-state index >= 15 is 0 Å². The number of imidazole rings is 1. The summed E-state index contributed by atoms with van der Waals surface area (Å²) in [5.41, 5.74) is 4.11. The first-order chi connectivity index (χ1) is 15.2. The van der Waals surface area contributed by atoms with Crippen molar-refractivity contribution in [3.8, 4) is 0 Å². The number of benzene rings is 1. The van der Waals surface area contributed by atoms with Crippen LogP contribution in [0.5, 0.6) is 0 Å². The Morgan fingerprint density at radius 3 is 2.50 bits per heavy atom. The van der Waals surface area contributed by atoms with E-state index in [1.807, 2.05) is 0 Å². The molecule has 7 nitrogen and oxygen atoms in total. The van der Waals surface area contributed by atoms with Crippen LogP contribution in [0.4, 0.5) is 8.78 Å². The molecule has 1 aromatic carbocycles. The van der Waals surface area contributed by atoms with E-state index in [9.17, 15) is 18.4 Å². The maximum absolute atomic E-state index is 14.6. The van der Waals surface area contributed by atoms with Crippen molar-refractivity contribution in [2.45, 2.75) is 45.2 Å². The number of nitrogens with zero attached hydrogens (tertiary/aromatic N) is 2. The quantitative estimate of drug-likeness (QED) is 0.483. The fraction of sp³-hybridized carbons (Fsp3) is 0.500. The summed E-state index contributed by atoms with van der Waals surface area (Å²) in [6, 6.07) is 4.07. The van der Waals surface area contributed by atoms with Crippen LogP contribution in [0.15, 0.2) is 22.7 Å². The molecule has 1 aliphatic carbocycles. The standard InChI is InChI=1S/C22H26BrF2N3O4/c1-3-31-20(29)18-19(21(30)32-4-2)28(17(27-18)9-13-5-6-13)12-22(26,11-24)15-10-14(23)7-8-16(15)25/h7-8,10,13H,3-6,9,11-12,26H2,1-2H3/t22-/m0/s1. The van der Waals surface area contributed by atoms with Crippen molar-refractivity contribution in [2.24, 2.45) is 11.7 Å². The van der Waals surface area contributed by atoms with Gasteiger partial charge >= 0.3 is 11.9 Å². The van der Waals surface area contributed by atoms with Crippen molar-refractivity contribution in [1.82, 2.24) is 9.55 Å². The Bertz CT molecular complexity index is 1010. The third kappa shape index (κ3) is 5.17. The number of aromatic nitrogens is 2. The van der Waals surface area contributed by atoms with Gasteiger partial charge in [0.15, 0.2) is 11.4 Å². The van der Waals surface area contributed by atoms with Crippen molar-refractivity contribution in [1.29, 1.82) is 0 Å². The van der Waals surface area contributed by atoms with Gasteiger partial charge in [-0.25, -0.2) is 23.4 Å². The maximum Gasteiger partial charge on any atom is 0.359 e. The Kier molecular flexibility index (Phi) is 7.66. The smallest absolute Gasteiger partial charge is 0.359 e. The zero-order valence-corrected chi connectivity index (χ0v) is 19.6. The number of halogens is 3. The topological polar surface area (TPSA) is 96.4 Å². The summed E-state index contributed by atoms with van der Waals surface area (Å²) in [6.45, 7) is 1.97. The number of hydrogen-bond donors (Lipinski definition) is 1. The predicted molar refractivity (Wildman–Crippen MR) is 117 cm³/mol. The van der Waals surface area contributed by atoms with E-state index in [1.54, 1.807) is 13.8 Å². The Hall–Kier alpha value is -2.33. The second kappa shape index (κ2) is 10.1. The molecule has 0 saturated heterocycles. The van der Waals surface area contributed by atoms with Crippen LogP contribution in [0.3, 0.4) is 0 Å². The van der Waals surface area contributed by atoms with Crippen molar-refractivity contribution in [3.05, 3.63) is 51.3 Å². The summed E-state index contributed by atoms with van der Waals surface area (Å²) in [5, 5.41) is 0. The van der Waals surface area contributed by atoms with Crippen molar-refractivity contribution in [3.63, 3.8) is 0 Å². The molecule has 0 aliphatic heterocycles. The Morgan fingerprint density at radius 2 is 1.91 bits per heavy atom. The van der Waals surface area contributed by atoms with E-state index in [0.29, 0.717) is 22.6 Å². The highest BCUT2D eigenvalue weighted by molar-refractivity contribution is 9.10. The molecule has 1 heterocycles. The summed E-state index contributed by atoms with van der Waals surface area (Å²) < 4.78 is 41.1. The molecule has 2 aromatic rings. The molecule has 0 bridgehead atoms. The molecule has 1 fully saturated rings. The summed E-state index contributed by atoms with van der Waals surface area (Å²) >= 11 is 3.26. The highest BCUT2D eigenvalue weighted by Crippen LogP contribution is 2.35. The number of esters is 2. The number of alkyl halides is 1. The SMILES string of the molecule is CCOC(=O)c1nc(CC2CC2)n(C[C@@](N)(CF)c2cc(Br)ccc2F)c1C(=O)OCC. The first-order valence-corrected chi connectivity index (χ1v) is 11.3. The highest BCUT2D eigenvalue weighted by atomic mass is 79.9. The molecule has 1 atom stereocenters. The number of carbonyl (C=O) groups is 2. The van der Waals surface area contributed by atoms with Crippen LogP contribution in [-0.4, -0.2) is 41.4 Å². The molecular weight excluding hydrogens is 488 g/mol. The number of hydrogen-bond acceptors (Lipinski definition) is 6. The van der Waals surface area contributed by atoms with Crippen LogP contribution in [0.25, 0.3) is 0 Å². The molecule has 0 unspecified atom stereocenters. The Morgan fingerprint density at radius 1 is 1.25 bits per heavy atom. The van der Waals surface area contributed by atoms with E-state index in [0.717, 1.165) is 12.8 Å². The molecule has 3 rings (SSSR count). The van der Waals surface area contributed by atoms with Crippen molar-refractivity contribution < 1.29 is 27.8 Å². The molecule has 0 spiro atoms. The largest absolute Gasteiger partial charge is 0.461 e. The summed E-state index contributed by atoms with van der Waals surface area (Å²) in [4.78, 5) is 29.8. The molecule has 1 aliphatic rings. The molecule has 1 saturated carbocycles. The molecule has 0 amide bonds. The van der Waals surface area contributed by atoms with Gasteiger partial charge in [0, 0.05) is 23.0 Å². The maximum atomic E-state index is 14.6. The van der Waals surface area contributed by atoms with E-state index in [2.05, 4.69) is 20.9 Å². The van der Waals surface area contributed by atoms with E-state index in [1.165, 1.54) is 22.8 Å². The first kappa shape index (κ1) is 24.3. The lowest BCUT2D eigenvalue weighted by Crippen LogP contribution is -2.45. The molecule has 1 aromatic heterocycles. The summed E-state index contributed by atoms with van der Waals surface area (Å²) in [5.74, 6) is -1.55. The third-order valence-corrected chi connectivity index (χ3v) is 5.79. The van der Waals surface area contributed by atoms with Gasteiger partial charge < -0.3 is 19.8 Å². The second-order valence-electron chi connectivity index (χ2n) is 7.81. The van der Waals surface area contributed by atoms with Crippen LogP contribution >= 0.6 is 15.9 Å².